The number of carbonyl (C=O) groups excluding carboxylic acids is 1. The van der Waals surface area contributed by atoms with Crippen LogP contribution in [0.15, 0.2) is 36.7 Å². The van der Waals surface area contributed by atoms with Crippen molar-refractivity contribution in [2.24, 2.45) is 0 Å². The second kappa shape index (κ2) is 7.66. The standard InChI is InChI=1S/C20H24N2O3/c1-14(2)25-18-6-4-5-15(9-18)20(23)22-8-7-19-16(12-22)10-21-11-17(19)13-24-3/h4-6,9-11,14H,7-8,12-13H2,1-3H3. The van der Waals surface area contributed by atoms with Crippen LogP contribution in [0, 0.1) is 0 Å². The molecule has 0 saturated heterocycles. The summed E-state index contributed by atoms with van der Waals surface area (Å²) in [6.45, 7) is 5.77. The molecule has 0 saturated carbocycles. The van der Waals surface area contributed by atoms with Crippen LogP contribution in [-0.2, 0) is 24.3 Å². The molecule has 1 amide bonds. The first-order valence-corrected chi connectivity index (χ1v) is 8.58. The van der Waals surface area contributed by atoms with Crippen molar-refractivity contribution in [2.75, 3.05) is 13.7 Å². The van der Waals surface area contributed by atoms with Gasteiger partial charge in [-0.3, -0.25) is 9.78 Å². The molecule has 5 heteroatoms. The second-order valence-corrected chi connectivity index (χ2v) is 6.54. The zero-order valence-electron chi connectivity index (χ0n) is 15.0. The predicted molar refractivity (Wildman–Crippen MR) is 95.6 cm³/mol. The molecule has 2 heterocycles. The summed E-state index contributed by atoms with van der Waals surface area (Å²) in [5, 5.41) is 0. The lowest BCUT2D eigenvalue weighted by Crippen LogP contribution is -2.36. The molecule has 25 heavy (non-hydrogen) atoms. The van der Waals surface area contributed by atoms with Crippen LogP contribution in [0.3, 0.4) is 0 Å². The normalized spacial score (nSPS) is 13.7. The fourth-order valence-corrected chi connectivity index (χ4v) is 3.18. The number of hydrogen-bond acceptors (Lipinski definition) is 4. The summed E-state index contributed by atoms with van der Waals surface area (Å²) in [7, 11) is 1.68. The van der Waals surface area contributed by atoms with E-state index in [1.165, 1.54) is 5.56 Å². The first kappa shape index (κ1) is 17.4. The number of ether oxygens (including phenoxy) is 2. The fourth-order valence-electron chi connectivity index (χ4n) is 3.18. The summed E-state index contributed by atoms with van der Waals surface area (Å²) in [5.74, 6) is 0.749. The van der Waals surface area contributed by atoms with Crippen LogP contribution in [0.4, 0.5) is 0 Å². The molecule has 0 aliphatic carbocycles. The molecule has 132 valence electrons. The monoisotopic (exact) mass is 340 g/mol. The van der Waals surface area contributed by atoms with E-state index in [1.54, 1.807) is 7.11 Å². The van der Waals surface area contributed by atoms with E-state index in [1.807, 2.05) is 55.4 Å². The Morgan fingerprint density at radius 2 is 2.16 bits per heavy atom. The highest BCUT2D eigenvalue weighted by Crippen LogP contribution is 2.24. The Labute approximate surface area is 148 Å². The van der Waals surface area contributed by atoms with Gasteiger partial charge in [-0.15, -0.1) is 0 Å². The van der Waals surface area contributed by atoms with E-state index in [-0.39, 0.29) is 12.0 Å². The van der Waals surface area contributed by atoms with Crippen LogP contribution in [0.5, 0.6) is 5.75 Å². The Morgan fingerprint density at radius 1 is 1.32 bits per heavy atom. The van der Waals surface area contributed by atoms with E-state index in [0.29, 0.717) is 25.3 Å². The minimum absolute atomic E-state index is 0.0250. The molecule has 5 nitrogen and oxygen atoms in total. The van der Waals surface area contributed by atoms with Crippen molar-refractivity contribution in [1.82, 2.24) is 9.88 Å². The van der Waals surface area contributed by atoms with Gasteiger partial charge in [-0.1, -0.05) is 6.07 Å². The molecule has 2 aromatic rings. The van der Waals surface area contributed by atoms with Crippen molar-refractivity contribution in [2.45, 2.75) is 39.5 Å². The molecule has 0 unspecified atom stereocenters. The maximum atomic E-state index is 12.9. The largest absolute Gasteiger partial charge is 0.491 e. The van der Waals surface area contributed by atoms with Crippen LogP contribution >= 0.6 is 0 Å². The van der Waals surface area contributed by atoms with E-state index in [9.17, 15) is 4.79 Å². The highest BCUT2D eigenvalue weighted by molar-refractivity contribution is 5.94. The summed E-state index contributed by atoms with van der Waals surface area (Å²) >= 11 is 0. The summed E-state index contributed by atoms with van der Waals surface area (Å²) in [6, 6.07) is 7.40. The highest BCUT2D eigenvalue weighted by atomic mass is 16.5. The van der Waals surface area contributed by atoms with Crippen LogP contribution in [0.1, 0.15) is 40.9 Å². The number of aromatic nitrogens is 1. The first-order valence-electron chi connectivity index (χ1n) is 8.58. The Bertz CT molecular complexity index is 758. The van der Waals surface area contributed by atoms with E-state index in [2.05, 4.69) is 4.98 Å². The number of pyridine rings is 1. The molecule has 0 radical (unpaired) electrons. The Balaban J connectivity index is 1.78. The number of amides is 1. The highest BCUT2D eigenvalue weighted by Gasteiger charge is 2.24. The number of hydrogen-bond donors (Lipinski definition) is 0. The first-order chi connectivity index (χ1) is 12.1. The van der Waals surface area contributed by atoms with Gasteiger partial charge in [-0.25, -0.2) is 0 Å². The van der Waals surface area contributed by atoms with Crippen molar-refractivity contribution in [1.29, 1.82) is 0 Å². The van der Waals surface area contributed by atoms with Gasteiger partial charge in [-0.2, -0.15) is 0 Å². The van der Waals surface area contributed by atoms with Crippen LogP contribution in [-0.4, -0.2) is 35.5 Å². The molecule has 0 atom stereocenters. The van der Waals surface area contributed by atoms with Crippen molar-refractivity contribution in [3.63, 3.8) is 0 Å². The van der Waals surface area contributed by atoms with Gasteiger partial charge in [0.2, 0.25) is 0 Å². The van der Waals surface area contributed by atoms with E-state index in [4.69, 9.17) is 9.47 Å². The maximum Gasteiger partial charge on any atom is 0.254 e. The average molecular weight is 340 g/mol. The van der Waals surface area contributed by atoms with Crippen molar-refractivity contribution >= 4 is 5.91 Å². The quantitative estimate of drug-likeness (QED) is 0.839. The Morgan fingerprint density at radius 3 is 2.92 bits per heavy atom. The Kier molecular flexibility index (Phi) is 5.34. The van der Waals surface area contributed by atoms with Crippen LogP contribution in [0.25, 0.3) is 0 Å². The minimum atomic E-state index is 0.0250. The third kappa shape index (κ3) is 3.99. The molecule has 3 rings (SSSR count). The number of benzene rings is 1. The van der Waals surface area contributed by atoms with E-state index in [0.717, 1.165) is 23.3 Å². The van der Waals surface area contributed by atoms with Crippen molar-refractivity contribution in [3.8, 4) is 5.75 Å². The number of carbonyl (C=O) groups is 1. The van der Waals surface area contributed by atoms with Gasteiger partial charge in [0, 0.05) is 38.2 Å². The molecular formula is C20H24N2O3. The van der Waals surface area contributed by atoms with E-state index >= 15 is 0 Å². The molecule has 0 N–H and O–H groups in total. The van der Waals surface area contributed by atoms with Crippen molar-refractivity contribution < 1.29 is 14.3 Å². The molecule has 1 aromatic carbocycles. The van der Waals surface area contributed by atoms with Crippen LogP contribution in [0.2, 0.25) is 0 Å². The van der Waals surface area contributed by atoms with Crippen LogP contribution < -0.4 is 4.74 Å². The number of methoxy groups -OCH3 is 1. The molecule has 1 aliphatic rings. The van der Waals surface area contributed by atoms with Gasteiger partial charge in [0.1, 0.15) is 5.75 Å². The molecule has 0 bridgehead atoms. The summed E-state index contributed by atoms with van der Waals surface area (Å²) in [5.41, 5.74) is 4.13. The lowest BCUT2D eigenvalue weighted by molar-refractivity contribution is 0.0732. The number of fused-ring (bicyclic) bond motifs is 1. The van der Waals surface area contributed by atoms with Gasteiger partial charge in [-0.05, 0) is 55.2 Å². The Hall–Kier alpha value is -2.40. The SMILES string of the molecule is COCc1cncc2c1CCN(C(=O)c1cccc(OC(C)C)c1)C2. The van der Waals surface area contributed by atoms with Gasteiger partial charge < -0.3 is 14.4 Å². The zero-order valence-corrected chi connectivity index (χ0v) is 15.0. The summed E-state index contributed by atoms with van der Waals surface area (Å²) < 4.78 is 10.9. The van der Waals surface area contributed by atoms with Gasteiger partial charge in [0.05, 0.1) is 12.7 Å². The van der Waals surface area contributed by atoms with E-state index < -0.39 is 0 Å². The van der Waals surface area contributed by atoms with Gasteiger partial charge in [0.25, 0.3) is 5.91 Å². The zero-order chi connectivity index (χ0) is 17.8. The van der Waals surface area contributed by atoms with Gasteiger partial charge >= 0.3 is 0 Å². The molecule has 0 fully saturated rings. The topological polar surface area (TPSA) is 51.7 Å². The third-order valence-corrected chi connectivity index (χ3v) is 4.27. The van der Waals surface area contributed by atoms with Gasteiger partial charge in [0.15, 0.2) is 0 Å². The minimum Gasteiger partial charge on any atom is -0.491 e. The molecular weight excluding hydrogens is 316 g/mol. The summed E-state index contributed by atoms with van der Waals surface area (Å²) in [6.07, 6.45) is 4.61. The lowest BCUT2D eigenvalue weighted by Gasteiger charge is -2.30. The molecule has 1 aliphatic heterocycles. The maximum absolute atomic E-state index is 12.9. The van der Waals surface area contributed by atoms with Crippen molar-refractivity contribution in [3.05, 3.63) is 58.9 Å². The third-order valence-electron chi connectivity index (χ3n) is 4.27. The second-order valence-electron chi connectivity index (χ2n) is 6.54. The molecule has 0 spiro atoms. The fraction of sp³-hybridized carbons (Fsp3) is 0.400. The number of nitrogens with zero attached hydrogens (tertiary/aromatic N) is 2. The average Bonchev–Trinajstić information content (AvgIpc) is 2.61. The summed E-state index contributed by atoms with van der Waals surface area (Å²) in [4.78, 5) is 19.0. The lowest BCUT2D eigenvalue weighted by atomic mass is 9.97. The molecule has 1 aromatic heterocycles. The number of rotatable bonds is 5. The predicted octanol–water partition coefficient (Wildman–Crippen LogP) is 3.21. The smallest absolute Gasteiger partial charge is 0.254 e.